The zero-order valence-corrected chi connectivity index (χ0v) is 14.8. The first-order chi connectivity index (χ1) is 12.6. The molecule has 1 aromatic carbocycles. The number of amides is 2. The molecule has 2 N–H and O–H groups in total. The van der Waals surface area contributed by atoms with E-state index in [1.54, 1.807) is 18.1 Å². The number of methoxy groups -OCH3 is 1. The molecule has 0 radical (unpaired) electrons. The van der Waals surface area contributed by atoms with Crippen molar-refractivity contribution in [2.45, 2.75) is 26.0 Å². The molecule has 0 bridgehead atoms. The molecule has 1 aliphatic heterocycles. The van der Waals surface area contributed by atoms with E-state index in [4.69, 9.17) is 9.47 Å². The number of carbonyl (C=O) groups excluding carboxylic acids is 2. The van der Waals surface area contributed by atoms with Crippen molar-refractivity contribution in [1.82, 2.24) is 20.4 Å². The minimum atomic E-state index is -0.200. The van der Waals surface area contributed by atoms with Crippen LogP contribution < -0.4 is 14.8 Å². The van der Waals surface area contributed by atoms with E-state index in [9.17, 15) is 9.59 Å². The highest BCUT2D eigenvalue weighted by Crippen LogP contribution is 2.26. The lowest BCUT2D eigenvalue weighted by Gasteiger charge is -2.25. The van der Waals surface area contributed by atoms with Crippen molar-refractivity contribution in [3.8, 4) is 11.5 Å². The van der Waals surface area contributed by atoms with Crippen LogP contribution in [0.25, 0.3) is 0 Å². The molecule has 26 heavy (non-hydrogen) atoms. The van der Waals surface area contributed by atoms with E-state index < -0.39 is 0 Å². The number of hydrogen-bond acceptors (Lipinski definition) is 5. The average Bonchev–Trinajstić information content (AvgIpc) is 3.07. The maximum atomic E-state index is 12.7. The Bertz CT molecular complexity index is 789. The Morgan fingerprint density at radius 1 is 1.35 bits per heavy atom. The molecule has 8 heteroatoms. The highest BCUT2D eigenvalue weighted by Gasteiger charge is 2.26. The molecule has 8 nitrogen and oxygen atoms in total. The highest BCUT2D eigenvalue weighted by atomic mass is 16.5. The first-order valence-corrected chi connectivity index (χ1v) is 8.46. The van der Waals surface area contributed by atoms with Crippen molar-refractivity contribution in [1.29, 1.82) is 0 Å². The number of aromatic amines is 1. The monoisotopic (exact) mass is 358 g/mol. The summed E-state index contributed by atoms with van der Waals surface area (Å²) in [4.78, 5) is 25.9. The van der Waals surface area contributed by atoms with Crippen molar-refractivity contribution in [3.05, 3.63) is 41.7 Å². The van der Waals surface area contributed by atoms with Gasteiger partial charge in [-0.15, -0.1) is 0 Å². The van der Waals surface area contributed by atoms with E-state index in [0.29, 0.717) is 42.4 Å². The number of nitrogens with zero attached hydrogens (tertiary/aromatic N) is 2. The first kappa shape index (κ1) is 17.8. The van der Waals surface area contributed by atoms with Gasteiger partial charge in [-0.05, 0) is 25.1 Å². The molecule has 3 rings (SSSR count). The van der Waals surface area contributed by atoms with Gasteiger partial charge < -0.3 is 19.7 Å². The molecule has 1 atom stereocenters. The van der Waals surface area contributed by atoms with Crippen LogP contribution in [-0.4, -0.2) is 53.2 Å². The Kier molecular flexibility index (Phi) is 5.40. The molecule has 0 aliphatic carbocycles. The smallest absolute Gasteiger partial charge is 0.274 e. The lowest BCUT2D eigenvalue weighted by molar-refractivity contribution is -0.120. The third-order valence-electron chi connectivity index (χ3n) is 4.27. The molecule has 1 fully saturated rings. The number of rotatable bonds is 5. The molecule has 0 saturated carbocycles. The summed E-state index contributed by atoms with van der Waals surface area (Å²) in [6, 6.07) is 8.93. The molecule has 1 aromatic heterocycles. The Labute approximate surface area is 151 Å². The van der Waals surface area contributed by atoms with Gasteiger partial charge in [0.05, 0.1) is 12.8 Å². The predicted molar refractivity (Wildman–Crippen MR) is 94.0 cm³/mol. The largest absolute Gasteiger partial charge is 0.493 e. The van der Waals surface area contributed by atoms with Crippen LogP contribution in [-0.2, 0) is 11.4 Å². The topological polar surface area (TPSA) is 96.6 Å². The van der Waals surface area contributed by atoms with Crippen molar-refractivity contribution in [3.63, 3.8) is 0 Å². The Morgan fingerprint density at radius 2 is 2.12 bits per heavy atom. The fourth-order valence-corrected chi connectivity index (χ4v) is 2.79. The fraction of sp³-hybridized carbons (Fsp3) is 0.389. The molecule has 2 amide bonds. The van der Waals surface area contributed by atoms with Crippen molar-refractivity contribution >= 4 is 11.8 Å². The first-order valence-electron chi connectivity index (χ1n) is 8.46. The molecule has 0 spiro atoms. The van der Waals surface area contributed by atoms with E-state index in [1.165, 1.54) is 0 Å². The molecular formula is C18H22N4O4. The second-order valence-electron chi connectivity index (χ2n) is 6.12. The van der Waals surface area contributed by atoms with Crippen LogP contribution in [0.4, 0.5) is 0 Å². The van der Waals surface area contributed by atoms with Crippen LogP contribution in [0.2, 0.25) is 0 Å². The molecule has 2 aromatic rings. The normalized spacial score (nSPS) is 17.4. The SMILES string of the molecule is COc1ccccc1OCc1cc(C(=O)N2CCC(=O)NC[C@@H]2C)n[nH]1. The number of hydrogen-bond donors (Lipinski definition) is 2. The zero-order valence-electron chi connectivity index (χ0n) is 14.8. The fourth-order valence-electron chi connectivity index (χ4n) is 2.79. The van der Waals surface area contributed by atoms with Gasteiger partial charge in [-0.1, -0.05) is 12.1 Å². The summed E-state index contributed by atoms with van der Waals surface area (Å²) in [5.74, 6) is 1.01. The van der Waals surface area contributed by atoms with Gasteiger partial charge in [0.2, 0.25) is 5.91 Å². The third-order valence-corrected chi connectivity index (χ3v) is 4.27. The second kappa shape index (κ2) is 7.90. The predicted octanol–water partition coefficient (Wildman–Crippen LogP) is 1.35. The maximum absolute atomic E-state index is 12.7. The van der Waals surface area contributed by atoms with Gasteiger partial charge in [-0.2, -0.15) is 5.10 Å². The second-order valence-corrected chi connectivity index (χ2v) is 6.12. The van der Waals surface area contributed by atoms with E-state index in [0.717, 1.165) is 0 Å². The van der Waals surface area contributed by atoms with Crippen molar-refractivity contribution in [2.75, 3.05) is 20.2 Å². The number of nitrogens with one attached hydrogen (secondary N) is 2. The summed E-state index contributed by atoms with van der Waals surface area (Å²) in [5.41, 5.74) is 0.987. The van der Waals surface area contributed by atoms with E-state index >= 15 is 0 Å². The van der Waals surface area contributed by atoms with Crippen LogP contribution in [0.15, 0.2) is 30.3 Å². The van der Waals surface area contributed by atoms with Gasteiger partial charge in [0.25, 0.3) is 5.91 Å². The molecular weight excluding hydrogens is 336 g/mol. The molecule has 2 heterocycles. The number of benzene rings is 1. The van der Waals surface area contributed by atoms with Crippen molar-refractivity contribution < 1.29 is 19.1 Å². The Hall–Kier alpha value is -3.03. The van der Waals surface area contributed by atoms with Gasteiger partial charge in [0.15, 0.2) is 17.2 Å². The van der Waals surface area contributed by atoms with E-state index in [2.05, 4.69) is 15.5 Å². The summed E-state index contributed by atoms with van der Waals surface area (Å²) in [7, 11) is 1.58. The minimum Gasteiger partial charge on any atom is -0.493 e. The van der Waals surface area contributed by atoms with Crippen LogP contribution in [0.1, 0.15) is 29.5 Å². The summed E-state index contributed by atoms with van der Waals surface area (Å²) < 4.78 is 11.0. The number of para-hydroxylation sites is 2. The summed E-state index contributed by atoms with van der Waals surface area (Å²) in [6.45, 7) is 2.96. The molecule has 1 saturated heterocycles. The van der Waals surface area contributed by atoms with E-state index in [1.807, 2.05) is 31.2 Å². The number of ether oxygens (including phenoxy) is 2. The van der Waals surface area contributed by atoms with Gasteiger partial charge >= 0.3 is 0 Å². The average molecular weight is 358 g/mol. The molecule has 0 unspecified atom stereocenters. The maximum Gasteiger partial charge on any atom is 0.274 e. The van der Waals surface area contributed by atoms with Crippen LogP contribution in [0.3, 0.4) is 0 Å². The van der Waals surface area contributed by atoms with Gasteiger partial charge in [-0.25, -0.2) is 0 Å². The lowest BCUT2D eigenvalue weighted by atomic mass is 10.2. The number of aromatic nitrogens is 2. The van der Waals surface area contributed by atoms with Gasteiger partial charge in [0, 0.05) is 25.6 Å². The summed E-state index contributed by atoms with van der Waals surface area (Å²) >= 11 is 0. The van der Waals surface area contributed by atoms with Crippen LogP contribution in [0, 0.1) is 0 Å². The third kappa shape index (κ3) is 3.96. The molecule has 138 valence electrons. The lowest BCUT2D eigenvalue weighted by Crippen LogP contribution is -2.42. The standard InChI is InChI=1S/C18H22N4O4/c1-12-10-19-17(23)7-8-22(12)18(24)14-9-13(20-21-14)11-26-16-6-4-3-5-15(16)25-2/h3-6,9,12H,7-8,10-11H2,1-2H3,(H,19,23)(H,20,21)/t12-/m0/s1. The number of carbonyl (C=O) groups is 2. The zero-order chi connectivity index (χ0) is 18.5. The van der Waals surface area contributed by atoms with Gasteiger partial charge in [0.1, 0.15) is 6.61 Å². The minimum absolute atomic E-state index is 0.0416. The number of H-pyrrole nitrogens is 1. The van der Waals surface area contributed by atoms with E-state index in [-0.39, 0.29) is 24.5 Å². The van der Waals surface area contributed by atoms with Crippen LogP contribution >= 0.6 is 0 Å². The van der Waals surface area contributed by atoms with Crippen LogP contribution in [0.5, 0.6) is 11.5 Å². The van der Waals surface area contributed by atoms with Gasteiger partial charge in [-0.3, -0.25) is 14.7 Å². The highest BCUT2D eigenvalue weighted by molar-refractivity contribution is 5.93. The molecule has 1 aliphatic rings. The van der Waals surface area contributed by atoms with Crippen molar-refractivity contribution in [2.24, 2.45) is 0 Å². The Morgan fingerprint density at radius 3 is 2.88 bits per heavy atom. The summed E-state index contributed by atoms with van der Waals surface area (Å²) in [6.07, 6.45) is 0.296. The summed E-state index contributed by atoms with van der Waals surface area (Å²) in [5, 5.41) is 9.72. The Balaban J connectivity index is 1.65. The quantitative estimate of drug-likeness (QED) is 0.841.